The minimum atomic E-state index is -0.552. The first-order chi connectivity index (χ1) is 9.89. The van der Waals surface area contributed by atoms with Gasteiger partial charge in [0.05, 0.1) is 6.61 Å². The second kappa shape index (κ2) is 11.0. The summed E-state index contributed by atoms with van der Waals surface area (Å²) in [6.45, 7) is 13.9. The summed E-state index contributed by atoms with van der Waals surface area (Å²) < 4.78 is 5.23. The Kier molecular flexibility index (Phi) is 10.7. The second-order valence-electron chi connectivity index (χ2n) is 6.36. The van der Waals surface area contributed by atoms with Crippen LogP contribution < -0.4 is 5.32 Å². The molecule has 0 fully saturated rings. The van der Waals surface area contributed by atoms with Crippen LogP contribution in [-0.2, 0) is 9.53 Å². The van der Waals surface area contributed by atoms with Gasteiger partial charge in [0.15, 0.2) is 0 Å². The Balaban J connectivity index is 4.32. The van der Waals surface area contributed by atoms with Crippen molar-refractivity contribution in [3.63, 3.8) is 0 Å². The number of ether oxygens (including phenoxy) is 1. The molecule has 0 radical (unpaired) electrons. The summed E-state index contributed by atoms with van der Waals surface area (Å²) in [5.74, 6) is 0.604. The van der Waals surface area contributed by atoms with E-state index in [0.29, 0.717) is 6.61 Å². The van der Waals surface area contributed by atoms with Crippen LogP contribution in [0.2, 0.25) is 0 Å². The largest absolute Gasteiger partial charge is 0.465 e. The molecule has 4 heteroatoms. The van der Waals surface area contributed by atoms with Crippen molar-refractivity contribution in [3.05, 3.63) is 0 Å². The van der Waals surface area contributed by atoms with E-state index in [2.05, 4.69) is 38.0 Å². The van der Waals surface area contributed by atoms with E-state index in [1.54, 1.807) is 0 Å². The zero-order valence-electron chi connectivity index (χ0n) is 15.0. The van der Waals surface area contributed by atoms with Gasteiger partial charge in [-0.25, -0.2) is 0 Å². The molecule has 2 atom stereocenters. The molecule has 0 saturated heterocycles. The van der Waals surface area contributed by atoms with Gasteiger partial charge in [-0.3, -0.25) is 4.79 Å². The van der Waals surface area contributed by atoms with E-state index < -0.39 is 5.54 Å². The molecule has 0 aliphatic heterocycles. The molecule has 21 heavy (non-hydrogen) atoms. The molecule has 0 bridgehead atoms. The van der Waals surface area contributed by atoms with Crippen molar-refractivity contribution in [1.29, 1.82) is 0 Å². The molecule has 0 heterocycles. The molecule has 0 aromatic heterocycles. The number of carbonyl (C=O) groups excluding carboxylic acids is 1. The van der Waals surface area contributed by atoms with Crippen molar-refractivity contribution in [2.45, 2.75) is 65.8 Å². The topological polar surface area (TPSA) is 41.6 Å². The lowest BCUT2D eigenvalue weighted by molar-refractivity contribution is -0.150. The molecule has 0 aliphatic rings. The summed E-state index contributed by atoms with van der Waals surface area (Å²) >= 11 is 0. The molecular formula is C17H36N2O2. The van der Waals surface area contributed by atoms with Crippen LogP contribution in [0, 0.1) is 5.92 Å². The molecule has 0 saturated carbocycles. The Morgan fingerprint density at radius 3 is 2.52 bits per heavy atom. The maximum absolute atomic E-state index is 12.2. The zero-order valence-corrected chi connectivity index (χ0v) is 15.0. The molecule has 0 rings (SSSR count). The van der Waals surface area contributed by atoms with Gasteiger partial charge in [-0.1, -0.05) is 27.2 Å². The van der Waals surface area contributed by atoms with E-state index in [0.717, 1.165) is 44.8 Å². The van der Waals surface area contributed by atoms with Gasteiger partial charge in [-0.05, 0) is 59.2 Å². The third kappa shape index (κ3) is 8.42. The monoisotopic (exact) mass is 300 g/mol. The van der Waals surface area contributed by atoms with E-state index >= 15 is 0 Å². The minimum absolute atomic E-state index is 0.122. The number of hydrogen-bond acceptors (Lipinski definition) is 4. The van der Waals surface area contributed by atoms with Crippen LogP contribution in [-0.4, -0.2) is 49.7 Å². The maximum atomic E-state index is 12.2. The number of carbonyl (C=O) groups is 1. The van der Waals surface area contributed by atoms with Gasteiger partial charge in [0.25, 0.3) is 0 Å². The van der Waals surface area contributed by atoms with Gasteiger partial charge in [-0.2, -0.15) is 0 Å². The molecule has 0 aromatic rings. The van der Waals surface area contributed by atoms with Crippen LogP contribution in [0.1, 0.15) is 60.3 Å². The van der Waals surface area contributed by atoms with Crippen LogP contribution in [0.3, 0.4) is 0 Å². The number of hydrogen-bond donors (Lipinski definition) is 1. The van der Waals surface area contributed by atoms with Gasteiger partial charge in [0.2, 0.25) is 0 Å². The molecule has 1 N–H and O–H groups in total. The Hall–Kier alpha value is -0.610. The fourth-order valence-electron chi connectivity index (χ4n) is 2.41. The van der Waals surface area contributed by atoms with Crippen molar-refractivity contribution in [1.82, 2.24) is 10.2 Å². The summed E-state index contributed by atoms with van der Waals surface area (Å²) in [5, 5.41) is 3.36. The van der Waals surface area contributed by atoms with Gasteiger partial charge in [-0.15, -0.1) is 0 Å². The highest BCUT2D eigenvalue weighted by molar-refractivity contribution is 5.80. The van der Waals surface area contributed by atoms with Crippen LogP contribution in [0.4, 0.5) is 0 Å². The van der Waals surface area contributed by atoms with Gasteiger partial charge in [0, 0.05) is 6.54 Å². The standard InChI is InChI=1S/C17H36N2O2/c1-7-12-18-17(5,16(20)21-9-3)11-10-13-19(6)14-15(4)8-2/h15,18H,7-14H2,1-6H3. The number of nitrogens with one attached hydrogen (secondary N) is 1. The van der Waals surface area contributed by atoms with Crippen LogP contribution >= 0.6 is 0 Å². The molecule has 4 nitrogen and oxygen atoms in total. The number of esters is 1. The Labute approximate surface area is 131 Å². The van der Waals surface area contributed by atoms with Crippen LogP contribution in [0.15, 0.2) is 0 Å². The van der Waals surface area contributed by atoms with Crippen molar-refractivity contribution >= 4 is 5.97 Å². The lowest BCUT2D eigenvalue weighted by Gasteiger charge is -2.29. The molecule has 0 aliphatic carbocycles. The van der Waals surface area contributed by atoms with E-state index in [1.807, 2.05) is 13.8 Å². The third-order valence-corrected chi connectivity index (χ3v) is 4.03. The Bertz CT molecular complexity index is 284. The average Bonchev–Trinajstić information content (AvgIpc) is 2.45. The fourth-order valence-corrected chi connectivity index (χ4v) is 2.41. The first-order valence-corrected chi connectivity index (χ1v) is 8.50. The molecular weight excluding hydrogens is 264 g/mol. The summed E-state index contributed by atoms with van der Waals surface area (Å²) in [4.78, 5) is 14.5. The minimum Gasteiger partial charge on any atom is -0.465 e. The normalized spacial score (nSPS) is 15.8. The van der Waals surface area contributed by atoms with Crippen molar-refractivity contribution in [2.24, 2.45) is 5.92 Å². The highest BCUT2D eigenvalue weighted by Crippen LogP contribution is 2.16. The van der Waals surface area contributed by atoms with Crippen molar-refractivity contribution < 1.29 is 9.53 Å². The summed E-state index contributed by atoms with van der Waals surface area (Å²) in [5.41, 5.74) is -0.552. The van der Waals surface area contributed by atoms with Crippen molar-refractivity contribution in [3.8, 4) is 0 Å². The third-order valence-electron chi connectivity index (χ3n) is 4.03. The van der Waals surface area contributed by atoms with E-state index in [1.165, 1.54) is 6.42 Å². The van der Waals surface area contributed by atoms with E-state index in [9.17, 15) is 4.79 Å². The first kappa shape index (κ1) is 20.4. The van der Waals surface area contributed by atoms with E-state index in [4.69, 9.17) is 4.74 Å². The Morgan fingerprint density at radius 2 is 2.00 bits per heavy atom. The average molecular weight is 300 g/mol. The molecule has 2 unspecified atom stereocenters. The number of nitrogens with zero attached hydrogens (tertiary/aromatic N) is 1. The summed E-state index contributed by atoms with van der Waals surface area (Å²) in [6.07, 6.45) is 4.04. The second-order valence-corrected chi connectivity index (χ2v) is 6.36. The quantitative estimate of drug-likeness (QED) is 0.562. The van der Waals surface area contributed by atoms with Gasteiger partial charge in [0.1, 0.15) is 5.54 Å². The fraction of sp³-hybridized carbons (Fsp3) is 0.941. The van der Waals surface area contributed by atoms with Crippen molar-refractivity contribution in [2.75, 3.05) is 33.3 Å². The summed E-state index contributed by atoms with van der Waals surface area (Å²) in [6, 6.07) is 0. The molecule has 0 aromatic carbocycles. The van der Waals surface area contributed by atoms with E-state index in [-0.39, 0.29) is 5.97 Å². The lowest BCUT2D eigenvalue weighted by atomic mass is 9.95. The van der Waals surface area contributed by atoms with Gasteiger partial charge >= 0.3 is 5.97 Å². The highest BCUT2D eigenvalue weighted by Gasteiger charge is 2.33. The predicted octanol–water partition coefficient (Wildman–Crippen LogP) is 3.07. The lowest BCUT2D eigenvalue weighted by Crippen LogP contribution is -2.51. The van der Waals surface area contributed by atoms with Gasteiger partial charge < -0.3 is 15.0 Å². The molecule has 0 amide bonds. The predicted molar refractivity (Wildman–Crippen MR) is 89.5 cm³/mol. The maximum Gasteiger partial charge on any atom is 0.326 e. The van der Waals surface area contributed by atoms with Crippen LogP contribution in [0.25, 0.3) is 0 Å². The zero-order chi connectivity index (χ0) is 16.3. The van der Waals surface area contributed by atoms with Crippen LogP contribution in [0.5, 0.6) is 0 Å². The summed E-state index contributed by atoms with van der Waals surface area (Å²) in [7, 11) is 2.16. The Morgan fingerprint density at radius 1 is 1.33 bits per heavy atom. The molecule has 126 valence electrons. The molecule has 0 spiro atoms. The highest BCUT2D eigenvalue weighted by atomic mass is 16.5. The number of rotatable bonds is 12. The SMILES string of the molecule is CCCNC(C)(CCCN(C)CC(C)CC)C(=O)OCC. The first-order valence-electron chi connectivity index (χ1n) is 8.50. The smallest absolute Gasteiger partial charge is 0.326 e.